The molecule has 0 aromatic carbocycles. The Morgan fingerprint density at radius 1 is 1.31 bits per heavy atom. The van der Waals surface area contributed by atoms with Crippen LogP contribution in [0.3, 0.4) is 0 Å². The van der Waals surface area contributed by atoms with Gasteiger partial charge in [-0.25, -0.2) is 9.50 Å². The van der Waals surface area contributed by atoms with E-state index in [1.165, 1.54) is 6.33 Å². The minimum Gasteiger partial charge on any atom is -0.480 e. The van der Waals surface area contributed by atoms with Crippen molar-refractivity contribution in [2.45, 2.75) is 44.2 Å². The van der Waals surface area contributed by atoms with Crippen LogP contribution in [-0.2, 0) is 0 Å². The van der Waals surface area contributed by atoms with Gasteiger partial charge in [0, 0.05) is 24.0 Å². The van der Waals surface area contributed by atoms with Gasteiger partial charge >= 0.3 is 0 Å². The Hall–Kier alpha value is -3.20. The van der Waals surface area contributed by atoms with Gasteiger partial charge in [0.2, 0.25) is 11.8 Å². The number of aliphatic hydroxyl groups is 1. The number of ether oxygens (including phenoxy) is 1. The Balaban J connectivity index is 1.49. The van der Waals surface area contributed by atoms with Crippen molar-refractivity contribution < 1.29 is 9.84 Å². The number of hydrogen-bond donors (Lipinski definition) is 3. The van der Waals surface area contributed by atoms with Crippen LogP contribution in [0.4, 0.5) is 5.95 Å². The third kappa shape index (κ3) is 3.27. The van der Waals surface area contributed by atoms with Crippen molar-refractivity contribution in [2.24, 2.45) is 0 Å². The summed E-state index contributed by atoms with van der Waals surface area (Å²) in [5.41, 5.74) is 2.83. The van der Waals surface area contributed by atoms with Gasteiger partial charge in [-0.1, -0.05) is 0 Å². The average Bonchev–Trinajstić information content (AvgIpc) is 3.35. The van der Waals surface area contributed by atoms with Crippen molar-refractivity contribution >= 4 is 22.6 Å². The van der Waals surface area contributed by atoms with Gasteiger partial charge in [-0.2, -0.15) is 15.1 Å². The Kier molecular flexibility index (Phi) is 4.13. The van der Waals surface area contributed by atoms with Gasteiger partial charge in [0.1, 0.15) is 12.0 Å². The number of fused-ring (bicyclic) bond motifs is 2. The first-order valence-corrected chi connectivity index (χ1v) is 9.74. The summed E-state index contributed by atoms with van der Waals surface area (Å²) in [7, 11) is 1.61. The Labute approximate surface area is 167 Å². The van der Waals surface area contributed by atoms with Crippen LogP contribution in [0.1, 0.15) is 32.6 Å². The molecule has 150 valence electrons. The summed E-state index contributed by atoms with van der Waals surface area (Å²) in [6.45, 7) is 1.89. The highest BCUT2D eigenvalue weighted by atomic mass is 16.5. The van der Waals surface area contributed by atoms with Crippen molar-refractivity contribution in [3.8, 4) is 17.0 Å². The summed E-state index contributed by atoms with van der Waals surface area (Å²) in [4.78, 5) is 16.8. The topological polar surface area (TPSA) is 113 Å². The molecule has 0 amide bonds. The second-order valence-electron chi connectivity index (χ2n) is 7.88. The molecule has 0 radical (unpaired) electrons. The van der Waals surface area contributed by atoms with E-state index in [-0.39, 0.29) is 6.04 Å². The fraction of sp³-hybridized carbons (Fsp3) is 0.400. The zero-order chi connectivity index (χ0) is 20.0. The first-order valence-electron chi connectivity index (χ1n) is 9.74. The van der Waals surface area contributed by atoms with Crippen molar-refractivity contribution in [1.29, 1.82) is 0 Å². The molecule has 4 aromatic heterocycles. The van der Waals surface area contributed by atoms with Gasteiger partial charge in [-0.05, 0) is 50.3 Å². The quantitative estimate of drug-likeness (QED) is 0.488. The maximum Gasteiger partial charge on any atom is 0.228 e. The van der Waals surface area contributed by atoms with Gasteiger partial charge < -0.3 is 20.1 Å². The van der Waals surface area contributed by atoms with Crippen molar-refractivity contribution in [1.82, 2.24) is 29.5 Å². The molecule has 5 rings (SSSR count). The third-order valence-electron chi connectivity index (χ3n) is 5.68. The van der Waals surface area contributed by atoms with Crippen LogP contribution >= 0.6 is 0 Å². The Bertz CT molecular complexity index is 1170. The maximum atomic E-state index is 10.2. The van der Waals surface area contributed by atoms with Crippen LogP contribution in [0.2, 0.25) is 0 Å². The van der Waals surface area contributed by atoms with Gasteiger partial charge in [0.25, 0.3) is 0 Å². The molecule has 1 aliphatic carbocycles. The first kappa shape index (κ1) is 17.9. The number of hydrogen-bond acceptors (Lipinski definition) is 7. The van der Waals surface area contributed by atoms with E-state index in [2.05, 4.69) is 30.4 Å². The van der Waals surface area contributed by atoms with Crippen LogP contribution in [0, 0.1) is 0 Å². The van der Waals surface area contributed by atoms with Gasteiger partial charge in [0.15, 0.2) is 5.65 Å². The van der Waals surface area contributed by atoms with Gasteiger partial charge in [-0.15, -0.1) is 0 Å². The molecule has 0 atom stereocenters. The lowest BCUT2D eigenvalue weighted by atomic mass is 9.84. The number of H-pyrrole nitrogens is 1. The van der Waals surface area contributed by atoms with Crippen LogP contribution in [0.5, 0.6) is 5.88 Å². The van der Waals surface area contributed by atoms with E-state index in [1.807, 2.05) is 31.5 Å². The van der Waals surface area contributed by atoms with E-state index in [4.69, 9.17) is 4.74 Å². The number of methoxy groups -OCH3 is 1. The summed E-state index contributed by atoms with van der Waals surface area (Å²) in [6.07, 6.45) is 8.60. The number of aromatic nitrogens is 6. The molecule has 3 N–H and O–H groups in total. The smallest absolute Gasteiger partial charge is 0.228 e. The molecule has 29 heavy (non-hydrogen) atoms. The van der Waals surface area contributed by atoms with Crippen LogP contribution in [0.25, 0.3) is 27.8 Å². The summed E-state index contributed by atoms with van der Waals surface area (Å²) in [5.74, 6) is 1.04. The molecule has 4 aromatic rings. The molecule has 9 nitrogen and oxygen atoms in total. The highest BCUT2D eigenvalue weighted by Crippen LogP contribution is 2.35. The predicted octanol–water partition coefficient (Wildman–Crippen LogP) is 2.78. The van der Waals surface area contributed by atoms with Crippen molar-refractivity contribution in [3.63, 3.8) is 0 Å². The third-order valence-corrected chi connectivity index (χ3v) is 5.68. The van der Waals surface area contributed by atoms with E-state index in [0.717, 1.165) is 47.8 Å². The molecule has 0 unspecified atom stereocenters. The van der Waals surface area contributed by atoms with Crippen LogP contribution in [-0.4, -0.2) is 53.4 Å². The molecule has 0 bridgehead atoms. The zero-order valence-corrected chi connectivity index (χ0v) is 16.4. The number of anilines is 1. The van der Waals surface area contributed by atoms with E-state index in [0.29, 0.717) is 17.5 Å². The fourth-order valence-corrected chi connectivity index (χ4v) is 3.99. The molecular weight excluding hydrogens is 370 g/mol. The number of pyridine rings is 1. The summed E-state index contributed by atoms with van der Waals surface area (Å²) in [6, 6.07) is 4.18. The largest absolute Gasteiger partial charge is 0.480 e. The van der Waals surface area contributed by atoms with E-state index < -0.39 is 5.60 Å². The van der Waals surface area contributed by atoms with E-state index in [1.54, 1.807) is 11.6 Å². The van der Waals surface area contributed by atoms with Crippen LogP contribution in [0.15, 0.2) is 30.9 Å². The van der Waals surface area contributed by atoms with Crippen LogP contribution < -0.4 is 10.1 Å². The molecular formula is C20H23N7O2. The monoisotopic (exact) mass is 393 g/mol. The molecule has 1 fully saturated rings. The highest BCUT2D eigenvalue weighted by molar-refractivity contribution is 5.98. The SMILES string of the molecule is COc1nc(N[C@H]2CC[C@](C)(O)CC2)nc2[nH]cc(-c3ccn4ncnc4c3)c12. The molecule has 4 heterocycles. The molecule has 1 saturated carbocycles. The Morgan fingerprint density at radius 2 is 2.14 bits per heavy atom. The zero-order valence-electron chi connectivity index (χ0n) is 16.4. The number of rotatable bonds is 4. The van der Waals surface area contributed by atoms with Crippen molar-refractivity contribution in [3.05, 3.63) is 30.9 Å². The molecule has 9 heteroatoms. The average molecular weight is 393 g/mol. The minimum absolute atomic E-state index is 0.238. The molecule has 0 saturated heterocycles. The predicted molar refractivity (Wildman–Crippen MR) is 109 cm³/mol. The number of aromatic amines is 1. The maximum absolute atomic E-state index is 10.2. The van der Waals surface area contributed by atoms with E-state index >= 15 is 0 Å². The molecule has 0 aliphatic heterocycles. The fourth-order valence-electron chi connectivity index (χ4n) is 3.99. The lowest BCUT2D eigenvalue weighted by Gasteiger charge is -2.33. The second kappa shape index (κ2) is 6.70. The highest BCUT2D eigenvalue weighted by Gasteiger charge is 2.29. The molecule has 1 aliphatic rings. The Morgan fingerprint density at radius 3 is 2.93 bits per heavy atom. The molecule has 0 spiro atoms. The summed E-state index contributed by atoms with van der Waals surface area (Å²) in [5, 5.41) is 18.5. The number of nitrogens with zero attached hydrogens (tertiary/aromatic N) is 5. The lowest BCUT2D eigenvalue weighted by Crippen LogP contribution is -2.36. The summed E-state index contributed by atoms with van der Waals surface area (Å²) >= 11 is 0. The normalized spacial score (nSPS) is 22.2. The van der Waals surface area contributed by atoms with Gasteiger partial charge in [-0.3, -0.25) is 0 Å². The standard InChI is InChI=1S/C20H23N7O2/c1-20(28)6-3-13(4-7-20)24-19-25-17-16(18(26-19)29-2)14(10-21-17)12-5-8-27-15(9-12)22-11-23-27/h5,8-11,13,28H,3-4,6-7H2,1-2H3,(H2,21,24,25,26)/t13-,20-. The minimum atomic E-state index is -0.569. The van der Waals surface area contributed by atoms with E-state index in [9.17, 15) is 5.11 Å². The summed E-state index contributed by atoms with van der Waals surface area (Å²) < 4.78 is 7.32. The first-order chi connectivity index (χ1) is 14.0. The lowest BCUT2D eigenvalue weighted by molar-refractivity contribution is 0.0195. The van der Waals surface area contributed by atoms with Gasteiger partial charge in [0.05, 0.1) is 18.1 Å². The number of nitrogens with one attached hydrogen (secondary N) is 2. The van der Waals surface area contributed by atoms with Crippen molar-refractivity contribution in [2.75, 3.05) is 12.4 Å². The second-order valence-corrected chi connectivity index (χ2v) is 7.88.